The highest BCUT2D eigenvalue weighted by molar-refractivity contribution is 6.32. The third-order valence-electron chi connectivity index (χ3n) is 7.18. The Kier molecular flexibility index (Phi) is 6.99. The number of nitrogens with zero attached hydrogens (tertiary/aromatic N) is 2. The highest BCUT2D eigenvalue weighted by Gasteiger charge is 2.47. The van der Waals surface area contributed by atoms with E-state index < -0.39 is 5.54 Å². The Balaban J connectivity index is 1.77. The van der Waals surface area contributed by atoms with Gasteiger partial charge in [0.2, 0.25) is 0 Å². The van der Waals surface area contributed by atoms with Crippen molar-refractivity contribution < 1.29 is 0 Å². The molecule has 3 aromatic carbocycles. The van der Waals surface area contributed by atoms with Crippen LogP contribution in [-0.2, 0) is 5.54 Å². The lowest BCUT2D eigenvalue weighted by molar-refractivity contribution is 0.0674. The van der Waals surface area contributed by atoms with Crippen molar-refractivity contribution >= 4 is 23.2 Å². The van der Waals surface area contributed by atoms with Crippen molar-refractivity contribution in [2.45, 2.75) is 25.3 Å². The van der Waals surface area contributed by atoms with Crippen molar-refractivity contribution in [1.82, 2.24) is 20.2 Å². The molecule has 35 heavy (non-hydrogen) atoms. The second kappa shape index (κ2) is 10.2. The molecule has 0 spiro atoms. The summed E-state index contributed by atoms with van der Waals surface area (Å²) in [5.41, 5.74) is 4.72. The second-order valence-corrected chi connectivity index (χ2v) is 10.1. The van der Waals surface area contributed by atoms with E-state index in [1.807, 2.05) is 42.5 Å². The van der Waals surface area contributed by atoms with Gasteiger partial charge in [0.1, 0.15) is 5.82 Å². The van der Waals surface area contributed by atoms with Gasteiger partial charge in [-0.25, -0.2) is 4.98 Å². The molecule has 0 aliphatic carbocycles. The van der Waals surface area contributed by atoms with Crippen LogP contribution in [0.2, 0.25) is 10.0 Å². The molecule has 2 N–H and O–H groups in total. The minimum Gasteiger partial charge on any atom is -0.342 e. The van der Waals surface area contributed by atoms with E-state index in [1.54, 1.807) is 0 Å². The molecular weight excluding hydrogens is 475 g/mol. The van der Waals surface area contributed by atoms with Crippen LogP contribution in [0, 0.1) is 6.92 Å². The normalized spacial score (nSPS) is 16.4. The van der Waals surface area contributed by atoms with Gasteiger partial charge in [0, 0.05) is 53.4 Å². The van der Waals surface area contributed by atoms with E-state index in [0.29, 0.717) is 0 Å². The van der Waals surface area contributed by atoms with E-state index in [9.17, 15) is 0 Å². The van der Waals surface area contributed by atoms with Gasteiger partial charge in [-0.15, -0.1) is 0 Å². The molecule has 5 rings (SSSR count). The first kappa shape index (κ1) is 24.1. The molecule has 0 radical (unpaired) electrons. The quantitative estimate of drug-likeness (QED) is 0.309. The molecule has 1 atom stereocenters. The first-order chi connectivity index (χ1) is 17.0. The largest absolute Gasteiger partial charge is 0.342 e. The highest BCUT2D eigenvalue weighted by Crippen LogP contribution is 2.50. The summed E-state index contributed by atoms with van der Waals surface area (Å²) >= 11 is 13.8. The Morgan fingerprint density at radius 1 is 0.829 bits per heavy atom. The van der Waals surface area contributed by atoms with Crippen molar-refractivity contribution in [2.75, 3.05) is 26.2 Å². The maximum atomic E-state index is 6.89. The van der Waals surface area contributed by atoms with Crippen molar-refractivity contribution in [3.8, 4) is 11.4 Å². The van der Waals surface area contributed by atoms with Crippen molar-refractivity contribution in [3.63, 3.8) is 0 Å². The number of piperazine rings is 1. The zero-order valence-corrected chi connectivity index (χ0v) is 21.6. The fourth-order valence-electron chi connectivity index (χ4n) is 5.48. The second-order valence-electron chi connectivity index (χ2n) is 9.29. The van der Waals surface area contributed by atoms with E-state index in [4.69, 9.17) is 28.2 Å². The van der Waals surface area contributed by atoms with E-state index in [0.717, 1.165) is 70.1 Å². The molecule has 2 heterocycles. The lowest BCUT2D eigenvalue weighted by Crippen LogP contribution is -2.56. The maximum Gasteiger partial charge on any atom is 0.137 e. The van der Waals surface area contributed by atoms with Crippen LogP contribution in [0.4, 0.5) is 0 Å². The van der Waals surface area contributed by atoms with Gasteiger partial charge in [-0.2, -0.15) is 0 Å². The topological polar surface area (TPSA) is 44.0 Å². The fraction of sp³-hybridized carbons (Fsp3) is 0.276. The van der Waals surface area contributed by atoms with Gasteiger partial charge in [-0.1, -0.05) is 89.9 Å². The standard InChI is InChI=1S/C29H30Cl2N4/c1-20-27(34-28(33-20)21-10-4-3-5-11-21)29(2,35-18-16-32-17-19-35)26(22-12-6-8-14-24(22)30)23-13-7-9-15-25(23)31/h3-15,26,32H,16-19H2,1-2H3,(H,33,34). The minimum atomic E-state index is -0.508. The number of aromatic amines is 1. The van der Waals surface area contributed by atoms with E-state index in [2.05, 4.69) is 65.4 Å². The first-order valence-corrected chi connectivity index (χ1v) is 12.8. The Bertz CT molecular complexity index is 1250. The summed E-state index contributed by atoms with van der Waals surface area (Å²) in [4.78, 5) is 11.4. The average Bonchev–Trinajstić information content (AvgIpc) is 3.29. The van der Waals surface area contributed by atoms with Crippen LogP contribution in [0.3, 0.4) is 0 Å². The third-order valence-corrected chi connectivity index (χ3v) is 7.87. The Hall–Kier alpha value is -2.63. The molecular formula is C29H30Cl2N4. The zero-order valence-electron chi connectivity index (χ0n) is 20.1. The maximum absolute atomic E-state index is 6.89. The summed E-state index contributed by atoms with van der Waals surface area (Å²) in [6.45, 7) is 8.05. The van der Waals surface area contributed by atoms with Gasteiger partial charge in [0.25, 0.3) is 0 Å². The zero-order chi connectivity index (χ0) is 24.4. The van der Waals surface area contributed by atoms with Gasteiger partial charge in [0.15, 0.2) is 0 Å². The SMILES string of the molecule is Cc1[nH]c(-c2ccccc2)nc1C(C)(C(c1ccccc1Cl)c1ccccc1Cl)N1CCNCC1. The number of rotatable bonds is 6. The van der Waals surface area contributed by atoms with E-state index >= 15 is 0 Å². The number of aryl methyl sites for hydroxylation is 1. The fourth-order valence-corrected chi connectivity index (χ4v) is 5.97. The first-order valence-electron chi connectivity index (χ1n) is 12.1. The van der Waals surface area contributed by atoms with Crippen molar-refractivity contribution in [1.29, 1.82) is 0 Å². The molecule has 1 aliphatic rings. The van der Waals surface area contributed by atoms with Gasteiger partial charge >= 0.3 is 0 Å². The summed E-state index contributed by atoms with van der Waals surface area (Å²) in [6.07, 6.45) is 0. The summed E-state index contributed by atoms with van der Waals surface area (Å²) in [5, 5.41) is 4.97. The van der Waals surface area contributed by atoms with Crippen LogP contribution < -0.4 is 5.32 Å². The molecule has 1 saturated heterocycles. The van der Waals surface area contributed by atoms with Crippen molar-refractivity contribution in [2.24, 2.45) is 0 Å². The molecule has 1 aliphatic heterocycles. The highest BCUT2D eigenvalue weighted by atomic mass is 35.5. The molecule has 1 aromatic heterocycles. The molecule has 1 fully saturated rings. The molecule has 0 amide bonds. The van der Waals surface area contributed by atoms with Crippen LogP contribution in [-0.4, -0.2) is 41.0 Å². The number of hydrogen-bond acceptors (Lipinski definition) is 3. The lowest BCUT2D eigenvalue weighted by Gasteiger charge is -2.48. The summed E-state index contributed by atoms with van der Waals surface area (Å²) in [7, 11) is 0. The Morgan fingerprint density at radius 2 is 1.37 bits per heavy atom. The van der Waals surface area contributed by atoms with Crippen LogP contribution in [0.1, 0.15) is 35.4 Å². The number of imidazole rings is 1. The predicted molar refractivity (Wildman–Crippen MR) is 145 cm³/mol. The number of nitrogens with one attached hydrogen (secondary N) is 2. The van der Waals surface area contributed by atoms with Gasteiger partial charge in [-0.05, 0) is 37.1 Å². The monoisotopic (exact) mass is 504 g/mol. The lowest BCUT2D eigenvalue weighted by atomic mass is 9.72. The van der Waals surface area contributed by atoms with Gasteiger partial charge < -0.3 is 10.3 Å². The molecule has 6 heteroatoms. The molecule has 0 bridgehead atoms. The number of aromatic nitrogens is 2. The Morgan fingerprint density at radius 3 is 1.94 bits per heavy atom. The minimum absolute atomic E-state index is 0.131. The Labute approximate surface area is 217 Å². The van der Waals surface area contributed by atoms with Crippen LogP contribution >= 0.6 is 23.2 Å². The molecule has 180 valence electrons. The van der Waals surface area contributed by atoms with Crippen molar-refractivity contribution in [3.05, 3.63) is 111 Å². The summed E-state index contributed by atoms with van der Waals surface area (Å²) in [6, 6.07) is 26.5. The molecule has 4 nitrogen and oxygen atoms in total. The third kappa shape index (κ3) is 4.52. The number of benzene rings is 3. The summed E-state index contributed by atoms with van der Waals surface area (Å²) in [5.74, 6) is 0.741. The van der Waals surface area contributed by atoms with Gasteiger partial charge in [0.05, 0.1) is 11.2 Å². The van der Waals surface area contributed by atoms with Crippen LogP contribution in [0.5, 0.6) is 0 Å². The van der Waals surface area contributed by atoms with E-state index in [1.165, 1.54) is 0 Å². The molecule has 1 unspecified atom stereocenters. The summed E-state index contributed by atoms with van der Waals surface area (Å²) < 4.78 is 0. The van der Waals surface area contributed by atoms with Crippen LogP contribution in [0.25, 0.3) is 11.4 Å². The molecule has 0 saturated carbocycles. The number of H-pyrrole nitrogens is 1. The van der Waals surface area contributed by atoms with E-state index in [-0.39, 0.29) is 5.92 Å². The molecule has 4 aromatic rings. The van der Waals surface area contributed by atoms with Crippen LogP contribution in [0.15, 0.2) is 78.9 Å². The number of halogens is 2. The number of hydrogen-bond donors (Lipinski definition) is 2. The predicted octanol–water partition coefficient (Wildman–Crippen LogP) is 6.64. The smallest absolute Gasteiger partial charge is 0.137 e. The average molecular weight is 505 g/mol. The van der Waals surface area contributed by atoms with Gasteiger partial charge in [-0.3, -0.25) is 4.90 Å².